The fourth-order valence-electron chi connectivity index (χ4n) is 3.76. The number of piperidine rings is 1. The lowest BCUT2D eigenvalue weighted by molar-refractivity contribution is -0.384. The first-order valence-electron chi connectivity index (χ1n) is 10.2. The molecule has 9 heteroatoms. The lowest BCUT2D eigenvalue weighted by Gasteiger charge is -2.32. The maximum absolute atomic E-state index is 12.7. The molecule has 0 radical (unpaired) electrons. The van der Waals surface area contributed by atoms with Crippen LogP contribution < -0.4 is 19.7 Å². The van der Waals surface area contributed by atoms with Crippen LogP contribution in [0.15, 0.2) is 36.4 Å². The Morgan fingerprint density at radius 1 is 1.29 bits per heavy atom. The predicted octanol–water partition coefficient (Wildman–Crippen LogP) is 4.19. The molecule has 2 aromatic carbocycles. The van der Waals surface area contributed by atoms with Crippen LogP contribution in [0.2, 0.25) is 5.02 Å². The van der Waals surface area contributed by atoms with Crippen molar-refractivity contribution < 1.29 is 19.2 Å². The second kappa shape index (κ2) is 10.3. The Bertz CT molecular complexity index is 945. The Hall–Kier alpha value is -3.00. The summed E-state index contributed by atoms with van der Waals surface area (Å²) in [7, 11) is 1.54. The Kier molecular flexibility index (Phi) is 7.57. The van der Waals surface area contributed by atoms with E-state index in [1.54, 1.807) is 37.4 Å². The molecule has 3 rings (SSSR count). The quantitative estimate of drug-likeness (QED) is 0.481. The maximum atomic E-state index is 12.7. The SMILES string of the molecule is CCOc1c(Cl)cc(CNC(=O)C2CCN(c3ccccc3[N+](=O)[O-])CC2)cc1OC. The minimum atomic E-state index is -0.371. The minimum absolute atomic E-state index is 0.0359. The summed E-state index contributed by atoms with van der Waals surface area (Å²) < 4.78 is 10.9. The summed E-state index contributed by atoms with van der Waals surface area (Å²) in [6.07, 6.45) is 1.26. The van der Waals surface area contributed by atoms with Gasteiger partial charge in [-0.3, -0.25) is 14.9 Å². The molecule has 0 bridgehead atoms. The van der Waals surface area contributed by atoms with E-state index < -0.39 is 0 Å². The van der Waals surface area contributed by atoms with E-state index in [4.69, 9.17) is 21.1 Å². The number of benzene rings is 2. The second-order valence-corrected chi connectivity index (χ2v) is 7.67. The van der Waals surface area contributed by atoms with Crippen molar-refractivity contribution in [1.82, 2.24) is 5.32 Å². The van der Waals surface area contributed by atoms with Crippen LogP contribution in [0.5, 0.6) is 11.5 Å². The maximum Gasteiger partial charge on any atom is 0.292 e. The van der Waals surface area contributed by atoms with E-state index in [2.05, 4.69) is 5.32 Å². The number of carbonyl (C=O) groups is 1. The van der Waals surface area contributed by atoms with Crippen LogP contribution in [0.3, 0.4) is 0 Å². The van der Waals surface area contributed by atoms with Crippen LogP contribution in [0.4, 0.5) is 11.4 Å². The number of halogens is 1. The molecule has 0 aliphatic carbocycles. The molecule has 166 valence electrons. The summed E-state index contributed by atoms with van der Waals surface area (Å²) in [5, 5.41) is 14.7. The summed E-state index contributed by atoms with van der Waals surface area (Å²) in [5.74, 6) is 0.839. The van der Waals surface area contributed by atoms with Crippen molar-refractivity contribution >= 4 is 28.9 Å². The topological polar surface area (TPSA) is 93.9 Å². The summed E-state index contributed by atoms with van der Waals surface area (Å²) in [6.45, 7) is 3.84. The molecule has 8 nitrogen and oxygen atoms in total. The highest BCUT2D eigenvalue weighted by Gasteiger charge is 2.28. The summed E-state index contributed by atoms with van der Waals surface area (Å²) in [6, 6.07) is 10.3. The van der Waals surface area contributed by atoms with E-state index in [9.17, 15) is 14.9 Å². The highest BCUT2D eigenvalue weighted by atomic mass is 35.5. The Morgan fingerprint density at radius 3 is 2.65 bits per heavy atom. The van der Waals surface area contributed by atoms with Crippen molar-refractivity contribution in [2.45, 2.75) is 26.3 Å². The van der Waals surface area contributed by atoms with Gasteiger partial charge in [0.1, 0.15) is 5.69 Å². The van der Waals surface area contributed by atoms with Gasteiger partial charge in [-0.05, 0) is 43.5 Å². The van der Waals surface area contributed by atoms with Gasteiger partial charge in [0.25, 0.3) is 5.69 Å². The largest absolute Gasteiger partial charge is 0.493 e. The Morgan fingerprint density at radius 2 is 2.00 bits per heavy atom. The van der Waals surface area contributed by atoms with E-state index >= 15 is 0 Å². The van der Waals surface area contributed by atoms with E-state index in [-0.39, 0.29) is 22.4 Å². The number of para-hydroxylation sites is 2. The first-order chi connectivity index (χ1) is 14.9. The van der Waals surface area contributed by atoms with Crippen molar-refractivity contribution in [3.05, 3.63) is 57.1 Å². The van der Waals surface area contributed by atoms with Crippen molar-refractivity contribution in [2.75, 3.05) is 31.7 Å². The zero-order chi connectivity index (χ0) is 22.4. The fourth-order valence-corrected chi connectivity index (χ4v) is 4.05. The number of anilines is 1. The molecule has 31 heavy (non-hydrogen) atoms. The van der Waals surface area contributed by atoms with Gasteiger partial charge in [-0.15, -0.1) is 0 Å². The molecule has 1 aliphatic heterocycles. The molecule has 0 spiro atoms. The summed E-state index contributed by atoms with van der Waals surface area (Å²) in [5.41, 5.74) is 1.50. The predicted molar refractivity (Wildman–Crippen MR) is 119 cm³/mol. The molecule has 0 saturated carbocycles. The normalized spacial score (nSPS) is 14.2. The lowest BCUT2D eigenvalue weighted by Crippen LogP contribution is -2.40. The first kappa shape index (κ1) is 22.7. The summed E-state index contributed by atoms with van der Waals surface area (Å²) in [4.78, 5) is 25.5. The molecule has 1 amide bonds. The molecule has 1 heterocycles. The van der Waals surface area contributed by atoms with Gasteiger partial charge in [0.15, 0.2) is 11.5 Å². The first-order valence-corrected chi connectivity index (χ1v) is 10.6. The number of nitro groups is 1. The number of nitrogens with one attached hydrogen (secondary N) is 1. The Balaban J connectivity index is 1.58. The highest BCUT2D eigenvalue weighted by molar-refractivity contribution is 6.32. The zero-order valence-corrected chi connectivity index (χ0v) is 18.4. The monoisotopic (exact) mass is 447 g/mol. The number of rotatable bonds is 8. The molecule has 2 aromatic rings. The molecule has 0 unspecified atom stereocenters. The average Bonchev–Trinajstić information content (AvgIpc) is 2.79. The van der Waals surface area contributed by atoms with Crippen molar-refractivity contribution in [3.8, 4) is 11.5 Å². The van der Waals surface area contributed by atoms with Gasteiger partial charge in [0, 0.05) is 31.6 Å². The number of carbonyl (C=O) groups excluding carboxylic acids is 1. The van der Waals surface area contributed by atoms with Crippen molar-refractivity contribution in [2.24, 2.45) is 5.92 Å². The van der Waals surface area contributed by atoms with Crippen LogP contribution in [0.1, 0.15) is 25.3 Å². The fraction of sp³-hybridized carbons (Fsp3) is 0.409. The van der Waals surface area contributed by atoms with Gasteiger partial charge >= 0.3 is 0 Å². The van der Waals surface area contributed by atoms with Gasteiger partial charge in [0.05, 0.1) is 23.7 Å². The zero-order valence-electron chi connectivity index (χ0n) is 17.6. The van der Waals surface area contributed by atoms with Gasteiger partial charge in [0.2, 0.25) is 5.91 Å². The smallest absolute Gasteiger partial charge is 0.292 e. The third kappa shape index (κ3) is 5.38. The van der Waals surface area contributed by atoms with E-state index in [0.717, 1.165) is 5.56 Å². The minimum Gasteiger partial charge on any atom is -0.493 e. The Labute approximate surface area is 186 Å². The molecule has 1 aliphatic rings. The van der Waals surface area contributed by atoms with Crippen molar-refractivity contribution in [3.63, 3.8) is 0 Å². The standard InChI is InChI=1S/C22H26ClN3O5/c1-3-31-21-17(23)12-15(13-20(21)30-2)14-24-22(27)16-8-10-25(11-9-16)18-6-4-5-7-19(18)26(28)29/h4-7,12-13,16H,3,8-11,14H2,1-2H3,(H,24,27). The molecule has 0 aromatic heterocycles. The lowest BCUT2D eigenvalue weighted by atomic mass is 9.95. The third-order valence-corrected chi connectivity index (χ3v) is 5.61. The van der Waals surface area contributed by atoms with Gasteiger partial charge in [-0.2, -0.15) is 0 Å². The number of hydrogen-bond donors (Lipinski definition) is 1. The number of nitrogens with zero attached hydrogens (tertiary/aromatic N) is 2. The molecule has 1 saturated heterocycles. The molecule has 1 fully saturated rings. The number of nitro benzene ring substituents is 1. The second-order valence-electron chi connectivity index (χ2n) is 7.27. The molecule has 1 N–H and O–H groups in total. The van der Waals surface area contributed by atoms with Crippen molar-refractivity contribution in [1.29, 1.82) is 0 Å². The van der Waals surface area contributed by atoms with Crippen LogP contribution in [-0.2, 0) is 11.3 Å². The number of methoxy groups -OCH3 is 1. The molecule has 0 atom stereocenters. The molecular weight excluding hydrogens is 422 g/mol. The van der Waals surface area contributed by atoms with E-state index in [0.29, 0.717) is 61.3 Å². The van der Waals surface area contributed by atoms with E-state index in [1.165, 1.54) is 6.07 Å². The van der Waals surface area contributed by atoms with Crippen LogP contribution in [0.25, 0.3) is 0 Å². The van der Waals surface area contributed by atoms with Gasteiger partial charge in [-0.1, -0.05) is 23.7 Å². The van der Waals surface area contributed by atoms with Gasteiger partial charge in [-0.25, -0.2) is 0 Å². The van der Waals surface area contributed by atoms with Crippen LogP contribution >= 0.6 is 11.6 Å². The molecular formula is C22H26ClN3O5. The summed E-state index contributed by atoms with van der Waals surface area (Å²) >= 11 is 6.29. The number of amides is 1. The van der Waals surface area contributed by atoms with E-state index in [1.807, 2.05) is 11.8 Å². The third-order valence-electron chi connectivity index (χ3n) is 5.33. The number of hydrogen-bond acceptors (Lipinski definition) is 6. The van der Waals surface area contributed by atoms with Crippen LogP contribution in [0, 0.1) is 16.0 Å². The number of ether oxygens (including phenoxy) is 2. The highest BCUT2D eigenvalue weighted by Crippen LogP contribution is 2.36. The van der Waals surface area contributed by atoms with Gasteiger partial charge < -0.3 is 19.7 Å². The average molecular weight is 448 g/mol. The van der Waals surface area contributed by atoms with Crippen LogP contribution in [-0.4, -0.2) is 37.6 Å².